The van der Waals surface area contributed by atoms with Gasteiger partial charge in [0.15, 0.2) is 0 Å². The van der Waals surface area contributed by atoms with Crippen LogP contribution in [0, 0.1) is 5.92 Å². The predicted molar refractivity (Wildman–Crippen MR) is 38.6 cm³/mol. The molecule has 0 amide bonds. The maximum Gasteiger partial charge on any atom is 0.389 e. The van der Waals surface area contributed by atoms with Crippen molar-refractivity contribution in [1.82, 2.24) is 0 Å². The number of alkyl halides is 3. The van der Waals surface area contributed by atoms with E-state index in [2.05, 4.69) is 0 Å². The van der Waals surface area contributed by atoms with Crippen LogP contribution < -0.4 is 0 Å². The summed E-state index contributed by atoms with van der Waals surface area (Å²) in [6, 6.07) is 0. The summed E-state index contributed by atoms with van der Waals surface area (Å²) in [7, 11) is 0. The molecule has 0 aliphatic heterocycles. The van der Waals surface area contributed by atoms with Crippen LogP contribution in [-0.4, -0.2) is 16.9 Å². The van der Waals surface area contributed by atoms with Crippen molar-refractivity contribution < 1.29 is 18.3 Å². The Balaban J connectivity index is 2.30. The van der Waals surface area contributed by atoms with Crippen molar-refractivity contribution in [3.8, 4) is 0 Å². The van der Waals surface area contributed by atoms with E-state index in [0.29, 0.717) is 0 Å². The van der Waals surface area contributed by atoms with Crippen molar-refractivity contribution >= 4 is 0 Å². The Kier molecular flexibility index (Phi) is 2.38. The summed E-state index contributed by atoms with van der Waals surface area (Å²) in [5.74, 6) is 0.0971. The molecule has 1 fully saturated rings. The molecule has 1 rings (SSSR count). The van der Waals surface area contributed by atoms with Gasteiger partial charge in [0.2, 0.25) is 0 Å². The third-order valence-corrected chi connectivity index (χ3v) is 2.37. The summed E-state index contributed by atoms with van der Waals surface area (Å²) in [5.41, 5.74) is -1.10. The monoisotopic (exact) mass is 182 g/mol. The Bertz CT molecular complexity index is 158. The van der Waals surface area contributed by atoms with Gasteiger partial charge in [-0.2, -0.15) is 13.2 Å². The summed E-state index contributed by atoms with van der Waals surface area (Å²) in [4.78, 5) is 0. The minimum Gasteiger partial charge on any atom is -0.390 e. The summed E-state index contributed by atoms with van der Waals surface area (Å²) < 4.78 is 35.3. The van der Waals surface area contributed by atoms with Crippen LogP contribution >= 0.6 is 0 Å². The highest BCUT2D eigenvalue weighted by molar-refractivity contribution is 4.91. The summed E-state index contributed by atoms with van der Waals surface area (Å²) in [6.45, 7) is 1.50. The molecule has 12 heavy (non-hydrogen) atoms. The van der Waals surface area contributed by atoms with Gasteiger partial charge in [0.1, 0.15) is 0 Å². The molecule has 1 nitrogen and oxygen atoms in total. The molecule has 1 unspecified atom stereocenters. The second-order valence-corrected chi connectivity index (χ2v) is 3.75. The lowest BCUT2D eigenvalue weighted by Crippen LogP contribution is -2.29. The van der Waals surface area contributed by atoms with Gasteiger partial charge in [0.25, 0.3) is 0 Å². The third kappa shape index (κ3) is 3.01. The second-order valence-electron chi connectivity index (χ2n) is 3.75. The molecule has 1 aliphatic rings. The van der Waals surface area contributed by atoms with Crippen molar-refractivity contribution in [2.75, 3.05) is 0 Å². The van der Waals surface area contributed by atoms with Gasteiger partial charge in [0, 0.05) is 6.42 Å². The average Bonchev–Trinajstić information content (AvgIpc) is 2.62. The molecule has 72 valence electrons. The van der Waals surface area contributed by atoms with Crippen molar-refractivity contribution in [2.45, 2.75) is 44.4 Å². The fourth-order valence-electron chi connectivity index (χ4n) is 1.30. The molecular formula is C8H13F3O. The Morgan fingerprint density at radius 2 is 1.75 bits per heavy atom. The van der Waals surface area contributed by atoms with Crippen molar-refractivity contribution in [1.29, 1.82) is 0 Å². The van der Waals surface area contributed by atoms with Gasteiger partial charge in [-0.05, 0) is 32.1 Å². The fraction of sp³-hybridized carbons (Fsp3) is 1.00. The highest BCUT2D eigenvalue weighted by atomic mass is 19.4. The van der Waals surface area contributed by atoms with Crippen LogP contribution in [0.4, 0.5) is 13.2 Å². The number of halogens is 3. The number of hydrogen-bond donors (Lipinski definition) is 1. The number of hydrogen-bond acceptors (Lipinski definition) is 1. The van der Waals surface area contributed by atoms with Crippen LogP contribution in [0.5, 0.6) is 0 Å². The Morgan fingerprint density at radius 1 is 1.25 bits per heavy atom. The first kappa shape index (κ1) is 9.84. The van der Waals surface area contributed by atoms with Crippen molar-refractivity contribution in [3.05, 3.63) is 0 Å². The Morgan fingerprint density at radius 3 is 2.08 bits per heavy atom. The minimum atomic E-state index is -4.14. The van der Waals surface area contributed by atoms with E-state index in [1.807, 2.05) is 0 Å². The van der Waals surface area contributed by atoms with Gasteiger partial charge in [-0.25, -0.2) is 0 Å². The molecule has 0 saturated heterocycles. The lowest BCUT2D eigenvalue weighted by Gasteiger charge is -2.23. The van der Waals surface area contributed by atoms with E-state index in [4.69, 9.17) is 0 Å². The fourth-order valence-corrected chi connectivity index (χ4v) is 1.30. The smallest absolute Gasteiger partial charge is 0.389 e. The molecule has 1 atom stereocenters. The lowest BCUT2D eigenvalue weighted by molar-refractivity contribution is -0.147. The SMILES string of the molecule is CC(O)(CCC(F)(F)F)C1CC1. The van der Waals surface area contributed by atoms with Crippen LogP contribution in [0.25, 0.3) is 0 Å². The summed E-state index contributed by atoms with van der Waals surface area (Å²) >= 11 is 0. The van der Waals surface area contributed by atoms with Crippen LogP contribution in [0.3, 0.4) is 0 Å². The third-order valence-electron chi connectivity index (χ3n) is 2.37. The second kappa shape index (κ2) is 2.91. The first-order chi connectivity index (χ1) is 5.31. The van der Waals surface area contributed by atoms with Gasteiger partial charge in [-0.1, -0.05) is 0 Å². The molecule has 0 aromatic heterocycles. The molecular weight excluding hydrogens is 169 g/mol. The van der Waals surface area contributed by atoms with Crippen molar-refractivity contribution in [3.63, 3.8) is 0 Å². The van der Waals surface area contributed by atoms with Crippen LogP contribution in [0.1, 0.15) is 32.6 Å². The van der Waals surface area contributed by atoms with Gasteiger partial charge >= 0.3 is 6.18 Å². The molecule has 0 heterocycles. The van der Waals surface area contributed by atoms with E-state index in [-0.39, 0.29) is 12.3 Å². The summed E-state index contributed by atoms with van der Waals surface area (Å²) in [6.07, 6.45) is -3.45. The molecule has 1 saturated carbocycles. The van der Waals surface area contributed by atoms with Gasteiger partial charge < -0.3 is 5.11 Å². The zero-order chi connectivity index (χ0) is 9.41. The molecule has 1 N–H and O–H groups in total. The quantitative estimate of drug-likeness (QED) is 0.710. The highest BCUT2D eigenvalue weighted by Gasteiger charge is 2.42. The van der Waals surface area contributed by atoms with E-state index in [0.717, 1.165) is 12.8 Å². The van der Waals surface area contributed by atoms with E-state index < -0.39 is 18.2 Å². The molecule has 0 bridgehead atoms. The Labute approximate surface area is 69.6 Å². The van der Waals surface area contributed by atoms with Crippen LogP contribution in [0.2, 0.25) is 0 Å². The van der Waals surface area contributed by atoms with Crippen molar-refractivity contribution in [2.24, 2.45) is 5.92 Å². The zero-order valence-electron chi connectivity index (χ0n) is 6.99. The van der Waals surface area contributed by atoms with E-state index in [9.17, 15) is 18.3 Å². The highest BCUT2D eigenvalue weighted by Crippen LogP contribution is 2.43. The topological polar surface area (TPSA) is 20.2 Å². The average molecular weight is 182 g/mol. The lowest BCUT2D eigenvalue weighted by atomic mass is 9.94. The van der Waals surface area contributed by atoms with Crippen LogP contribution in [0.15, 0.2) is 0 Å². The molecule has 0 spiro atoms. The Hall–Kier alpha value is -0.250. The van der Waals surface area contributed by atoms with Crippen LogP contribution in [-0.2, 0) is 0 Å². The zero-order valence-corrected chi connectivity index (χ0v) is 6.99. The molecule has 1 aliphatic carbocycles. The number of rotatable bonds is 3. The van der Waals surface area contributed by atoms with Gasteiger partial charge in [-0.3, -0.25) is 0 Å². The maximum absolute atomic E-state index is 11.8. The van der Waals surface area contributed by atoms with Gasteiger partial charge in [0.05, 0.1) is 5.60 Å². The molecule has 0 radical (unpaired) electrons. The molecule has 4 heteroatoms. The first-order valence-corrected chi connectivity index (χ1v) is 4.10. The largest absolute Gasteiger partial charge is 0.390 e. The maximum atomic E-state index is 11.8. The minimum absolute atomic E-state index is 0.0971. The van der Waals surface area contributed by atoms with E-state index in [1.54, 1.807) is 0 Å². The first-order valence-electron chi connectivity index (χ1n) is 4.10. The van der Waals surface area contributed by atoms with E-state index in [1.165, 1.54) is 6.92 Å². The standard InChI is InChI=1S/C8H13F3O/c1-7(12,6-2-3-6)4-5-8(9,10)11/h6,12H,2-5H2,1H3. The number of aliphatic hydroxyl groups is 1. The predicted octanol–water partition coefficient (Wildman–Crippen LogP) is 2.49. The molecule has 0 aromatic rings. The summed E-state index contributed by atoms with van der Waals surface area (Å²) in [5, 5.41) is 9.52. The normalized spacial score (nSPS) is 23.8. The molecule has 0 aromatic carbocycles. The van der Waals surface area contributed by atoms with Gasteiger partial charge in [-0.15, -0.1) is 0 Å². The van der Waals surface area contributed by atoms with E-state index >= 15 is 0 Å².